The van der Waals surface area contributed by atoms with Crippen LogP contribution < -0.4 is 11.1 Å². The molecule has 7 heteroatoms. The molecule has 0 bridgehead atoms. The molecular weight excluding hydrogens is 274 g/mol. The van der Waals surface area contributed by atoms with E-state index in [1.807, 2.05) is 13.8 Å². The number of rotatable bonds is 8. The van der Waals surface area contributed by atoms with Crippen LogP contribution in [0.15, 0.2) is 18.2 Å². The number of nitrogens with one attached hydrogen (secondary N) is 1. The largest absolute Gasteiger partial charge is 0.396 e. The predicted molar refractivity (Wildman–Crippen MR) is 80.2 cm³/mol. The molecule has 0 aliphatic heterocycles. The van der Waals surface area contributed by atoms with Gasteiger partial charge in [0.15, 0.2) is 0 Å². The summed E-state index contributed by atoms with van der Waals surface area (Å²) >= 11 is 0. The maximum Gasteiger partial charge on any atom is 0.293 e. The number of hydrogen-bond acceptors (Lipinski definition) is 5. The van der Waals surface area contributed by atoms with E-state index in [0.29, 0.717) is 18.7 Å². The van der Waals surface area contributed by atoms with E-state index in [1.165, 1.54) is 18.2 Å². The zero-order valence-corrected chi connectivity index (χ0v) is 12.3. The molecule has 1 aromatic rings. The van der Waals surface area contributed by atoms with Gasteiger partial charge in [0.1, 0.15) is 5.69 Å². The molecule has 21 heavy (non-hydrogen) atoms. The van der Waals surface area contributed by atoms with Crippen LogP contribution in [-0.4, -0.2) is 29.1 Å². The van der Waals surface area contributed by atoms with Crippen molar-refractivity contribution in [2.24, 2.45) is 11.1 Å². The van der Waals surface area contributed by atoms with Crippen molar-refractivity contribution in [3.8, 4) is 0 Å². The number of aliphatic hydroxyl groups is 1. The van der Waals surface area contributed by atoms with E-state index in [0.717, 1.165) is 6.42 Å². The van der Waals surface area contributed by atoms with Crippen LogP contribution in [0.2, 0.25) is 0 Å². The van der Waals surface area contributed by atoms with E-state index in [1.54, 1.807) is 0 Å². The highest BCUT2D eigenvalue weighted by Gasteiger charge is 2.21. The minimum atomic E-state index is -0.701. The first-order valence-corrected chi connectivity index (χ1v) is 6.70. The molecule has 0 radical (unpaired) electrons. The summed E-state index contributed by atoms with van der Waals surface area (Å²) in [7, 11) is 0. The summed E-state index contributed by atoms with van der Waals surface area (Å²) in [6.45, 7) is 4.67. The van der Waals surface area contributed by atoms with Crippen LogP contribution in [0.5, 0.6) is 0 Å². The van der Waals surface area contributed by atoms with Crippen LogP contribution in [0.1, 0.15) is 37.0 Å². The standard InChI is InChI=1S/C14H21N3O4/c1-14(2,6-3-7-18)9-16-11-5-4-10(13(15)19)8-12(11)17(20)21/h4-5,8,16,18H,3,6-7,9H2,1-2H3,(H2,15,19). The zero-order chi connectivity index (χ0) is 16.0. The van der Waals surface area contributed by atoms with Crippen molar-refractivity contribution in [2.75, 3.05) is 18.5 Å². The highest BCUT2D eigenvalue weighted by molar-refractivity contribution is 5.94. The molecule has 0 aromatic heterocycles. The van der Waals surface area contributed by atoms with Gasteiger partial charge < -0.3 is 16.2 Å². The second kappa shape index (κ2) is 7.03. The Hall–Kier alpha value is -2.15. The second-order valence-corrected chi connectivity index (χ2v) is 5.70. The first kappa shape index (κ1) is 16.9. The van der Waals surface area contributed by atoms with E-state index in [4.69, 9.17) is 10.8 Å². The van der Waals surface area contributed by atoms with Gasteiger partial charge in [-0.15, -0.1) is 0 Å². The fourth-order valence-corrected chi connectivity index (χ4v) is 1.97. The molecule has 0 aliphatic rings. The van der Waals surface area contributed by atoms with Crippen molar-refractivity contribution in [2.45, 2.75) is 26.7 Å². The third-order valence-electron chi connectivity index (χ3n) is 3.25. The molecular formula is C14H21N3O4. The molecule has 0 fully saturated rings. The van der Waals surface area contributed by atoms with Crippen LogP contribution in [0, 0.1) is 15.5 Å². The topological polar surface area (TPSA) is 118 Å². The first-order chi connectivity index (χ1) is 9.76. The molecule has 0 saturated carbocycles. The van der Waals surface area contributed by atoms with Crippen molar-refractivity contribution in [1.82, 2.24) is 0 Å². The number of hydrogen-bond donors (Lipinski definition) is 3. The zero-order valence-electron chi connectivity index (χ0n) is 12.3. The van der Waals surface area contributed by atoms with E-state index in [9.17, 15) is 14.9 Å². The number of nitro benzene ring substituents is 1. The maximum atomic E-state index is 11.1. The van der Waals surface area contributed by atoms with Gasteiger partial charge in [-0.05, 0) is 30.4 Å². The molecule has 1 amide bonds. The van der Waals surface area contributed by atoms with Crippen molar-refractivity contribution < 1.29 is 14.8 Å². The third-order valence-corrected chi connectivity index (χ3v) is 3.25. The van der Waals surface area contributed by atoms with E-state index in [2.05, 4.69) is 5.32 Å². The SMILES string of the molecule is CC(C)(CCCO)CNc1ccc(C(N)=O)cc1[N+](=O)[O-]. The fourth-order valence-electron chi connectivity index (χ4n) is 1.97. The molecule has 0 aliphatic carbocycles. The number of nitro groups is 1. The van der Waals surface area contributed by atoms with Gasteiger partial charge in [0.05, 0.1) is 4.92 Å². The molecule has 7 nitrogen and oxygen atoms in total. The molecule has 116 valence electrons. The van der Waals surface area contributed by atoms with Gasteiger partial charge in [-0.3, -0.25) is 14.9 Å². The van der Waals surface area contributed by atoms with Gasteiger partial charge in [0, 0.05) is 24.8 Å². The van der Waals surface area contributed by atoms with E-state index < -0.39 is 10.8 Å². The Kier molecular flexibility index (Phi) is 5.66. The van der Waals surface area contributed by atoms with Gasteiger partial charge in [-0.25, -0.2) is 0 Å². The summed E-state index contributed by atoms with van der Waals surface area (Å²) in [6, 6.07) is 4.12. The van der Waals surface area contributed by atoms with Gasteiger partial charge in [0.25, 0.3) is 5.69 Å². The molecule has 1 aromatic carbocycles. The van der Waals surface area contributed by atoms with Crippen molar-refractivity contribution >= 4 is 17.3 Å². The number of benzene rings is 1. The normalized spacial score (nSPS) is 11.2. The number of anilines is 1. The second-order valence-electron chi connectivity index (χ2n) is 5.70. The summed E-state index contributed by atoms with van der Waals surface area (Å²) in [5.74, 6) is -0.701. The maximum absolute atomic E-state index is 11.1. The highest BCUT2D eigenvalue weighted by atomic mass is 16.6. The Labute approximate surface area is 123 Å². The Morgan fingerprint density at radius 1 is 1.48 bits per heavy atom. The summed E-state index contributed by atoms with van der Waals surface area (Å²) < 4.78 is 0. The van der Waals surface area contributed by atoms with Gasteiger partial charge in [0.2, 0.25) is 5.91 Å². The molecule has 4 N–H and O–H groups in total. The van der Waals surface area contributed by atoms with Gasteiger partial charge in [-0.2, -0.15) is 0 Å². The molecule has 0 unspecified atom stereocenters. The average molecular weight is 295 g/mol. The Bertz CT molecular complexity index is 529. The molecule has 0 heterocycles. The van der Waals surface area contributed by atoms with Crippen molar-refractivity contribution in [1.29, 1.82) is 0 Å². The lowest BCUT2D eigenvalue weighted by molar-refractivity contribution is -0.384. The van der Waals surface area contributed by atoms with Crippen LogP contribution >= 0.6 is 0 Å². The lowest BCUT2D eigenvalue weighted by Gasteiger charge is -2.25. The fraction of sp³-hybridized carbons (Fsp3) is 0.500. The molecule has 0 saturated heterocycles. The van der Waals surface area contributed by atoms with Crippen LogP contribution in [0.4, 0.5) is 11.4 Å². The minimum Gasteiger partial charge on any atom is -0.396 e. The summed E-state index contributed by atoms with van der Waals surface area (Å²) in [5.41, 5.74) is 5.29. The quantitative estimate of drug-likeness (QED) is 0.500. The Morgan fingerprint density at radius 2 is 2.14 bits per heavy atom. The third kappa shape index (κ3) is 5.03. The molecule has 1 rings (SSSR count). The number of primary amides is 1. The number of nitrogens with two attached hydrogens (primary N) is 1. The lowest BCUT2D eigenvalue weighted by Crippen LogP contribution is -2.24. The monoisotopic (exact) mass is 295 g/mol. The summed E-state index contributed by atoms with van der Waals surface area (Å²) in [6.07, 6.45) is 1.47. The number of nitrogens with zero attached hydrogens (tertiary/aromatic N) is 1. The van der Waals surface area contributed by atoms with Crippen LogP contribution in [-0.2, 0) is 0 Å². The van der Waals surface area contributed by atoms with Crippen LogP contribution in [0.3, 0.4) is 0 Å². The number of carbonyl (C=O) groups is 1. The van der Waals surface area contributed by atoms with E-state index >= 15 is 0 Å². The Balaban J connectivity index is 2.88. The first-order valence-electron chi connectivity index (χ1n) is 6.70. The van der Waals surface area contributed by atoms with Crippen molar-refractivity contribution in [3.63, 3.8) is 0 Å². The lowest BCUT2D eigenvalue weighted by atomic mass is 9.88. The Morgan fingerprint density at radius 3 is 2.67 bits per heavy atom. The minimum absolute atomic E-state index is 0.104. The smallest absolute Gasteiger partial charge is 0.293 e. The van der Waals surface area contributed by atoms with Crippen molar-refractivity contribution in [3.05, 3.63) is 33.9 Å². The predicted octanol–water partition coefficient (Wildman–Crippen LogP) is 1.90. The van der Waals surface area contributed by atoms with Gasteiger partial charge in [-0.1, -0.05) is 13.8 Å². The van der Waals surface area contributed by atoms with Crippen LogP contribution in [0.25, 0.3) is 0 Å². The number of carbonyl (C=O) groups excluding carboxylic acids is 1. The van der Waals surface area contributed by atoms with Gasteiger partial charge >= 0.3 is 0 Å². The highest BCUT2D eigenvalue weighted by Crippen LogP contribution is 2.28. The summed E-state index contributed by atoms with van der Waals surface area (Å²) in [5, 5.41) is 23.0. The number of amides is 1. The molecule has 0 atom stereocenters. The average Bonchev–Trinajstić information content (AvgIpc) is 2.42. The number of aliphatic hydroxyl groups excluding tert-OH is 1. The molecule has 0 spiro atoms. The summed E-state index contributed by atoms with van der Waals surface area (Å²) in [4.78, 5) is 21.6. The van der Waals surface area contributed by atoms with E-state index in [-0.39, 0.29) is 23.3 Å².